The van der Waals surface area contributed by atoms with E-state index < -0.39 is 0 Å². The van der Waals surface area contributed by atoms with Crippen LogP contribution in [0.4, 0.5) is 4.79 Å². The topological polar surface area (TPSA) is 44.4 Å². The number of urea groups is 1. The second-order valence-corrected chi connectivity index (χ2v) is 4.09. The Hall–Kier alpha value is -0.770. The SMILES string of the molecule is CNCCCNC(=O)N1CCCCCC1. The summed E-state index contributed by atoms with van der Waals surface area (Å²) in [4.78, 5) is 13.7. The molecule has 2 amide bonds. The van der Waals surface area contributed by atoms with Gasteiger partial charge in [0.25, 0.3) is 0 Å². The molecule has 15 heavy (non-hydrogen) atoms. The summed E-state index contributed by atoms with van der Waals surface area (Å²) in [6.45, 7) is 3.59. The molecule has 0 spiro atoms. The van der Waals surface area contributed by atoms with E-state index in [1.165, 1.54) is 12.8 Å². The van der Waals surface area contributed by atoms with Crippen molar-refractivity contribution in [3.63, 3.8) is 0 Å². The average Bonchev–Trinajstić information content (AvgIpc) is 2.52. The Bertz CT molecular complexity index is 177. The first-order valence-corrected chi connectivity index (χ1v) is 6.02. The van der Waals surface area contributed by atoms with Gasteiger partial charge in [0.1, 0.15) is 0 Å². The van der Waals surface area contributed by atoms with Crippen molar-refractivity contribution in [3.8, 4) is 0 Å². The van der Waals surface area contributed by atoms with Gasteiger partial charge in [0, 0.05) is 19.6 Å². The molecule has 0 aromatic heterocycles. The van der Waals surface area contributed by atoms with Crippen molar-refractivity contribution in [2.75, 3.05) is 33.2 Å². The predicted octanol–water partition coefficient (Wildman–Crippen LogP) is 1.18. The molecular weight excluding hydrogens is 190 g/mol. The molecule has 88 valence electrons. The zero-order chi connectivity index (χ0) is 10.9. The molecule has 0 bridgehead atoms. The van der Waals surface area contributed by atoms with Gasteiger partial charge in [-0.15, -0.1) is 0 Å². The summed E-state index contributed by atoms with van der Waals surface area (Å²) in [5.41, 5.74) is 0. The Morgan fingerprint density at radius 1 is 1.13 bits per heavy atom. The maximum absolute atomic E-state index is 11.7. The Kier molecular flexibility index (Phi) is 6.16. The summed E-state index contributed by atoms with van der Waals surface area (Å²) in [6.07, 6.45) is 5.84. The molecule has 0 aliphatic carbocycles. The quantitative estimate of drug-likeness (QED) is 0.689. The normalized spacial score (nSPS) is 17.3. The van der Waals surface area contributed by atoms with Crippen molar-refractivity contribution in [3.05, 3.63) is 0 Å². The lowest BCUT2D eigenvalue weighted by Gasteiger charge is -2.20. The highest BCUT2D eigenvalue weighted by molar-refractivity contribution is 5.74. The zero-order valence-corrected chi connectivity index (χ0v) is 9.72. The molecule has 1 rings (SSSR count). The van der Waals surface area contributed by atoms with Gasteiger partial charge in [-0.1, -0.05) is 12.8 Å². The molecule has 4 nitrogen and oxygen atoms in total. The third kappa shape index (κ3) is 5.02. The highest BCUT2D eigenvalue weighted by Crippen LogP contribution is 2.09. The van der Waals surface area contributed by atoms with Gasteiger partial charge in [-0.05, 0) is 32.9 Å². The number of carbonyl (C=O) groups is 1. The Balaban J connectivity index is 2.14. The van der Waals surface area contributed by atoms with Gasteiger partial charge < -0.3 is 15.5 Å². The second kappa shape index (κ2) is 7.51. The molecule has 0 atom stereocenters. The van der Waals surface area contributed by atoms with Crippen molar-refractivity contribution >= 4 is 6.03 Å². The summed E-state index contributed by atoms with van der Waals surface area (Å²) in [5.74, 6) is 0. The fraction of sp³-hybridized carbons (Fsp3) is 0.909. The van der Waals surface area contributed by atoms with Gasteiger partial charge >= 0.3 is 6.03 Å². The Morgan fingerprint density at radius 3 is 2.40 bits per heavy atom. The molecule has 0 aromatic carbocycles. The number of likely N-dealkylation sites (tertiary alicyclic amines) is 1. The van der Waals surface area contributed by atoms with Crippen LogP contribution in [0.2, 0.25) is 0 Å². The largest absolute Gasteiger partial charge is 0.338 e. The van der Waals surface area contributed by atoms with Crippen LogP contribution in [-0.2, 0) is 0 Å². The lowest BCUT2D eigenvalue weighted by Crippen LogP contribution is -2.41. The number of hydrogen-bond acceptors (Lipinski definition) is 2. The van der Waals surface area contributed by atoms with Crippen LogP contribution in [-0.4, -0.2) is 44.2 Å². The standard InChI is InChI=1S/C11H23N3O/c1-12-7-6-8-13-11(15)14-9-4-2-3-5-10-14/h12H,2-10H2,1H3,(H,13,15). The van der Waals surface area contributed by atoms with Crippen LogP contribution in [0.3, 0.4) is 0 Å². The van der Waals surface area contributed by atoms with Crippen molar-refractivity contribution < 1.29 is 4.79 Å². The molecule has 0 unspecified atom stereocenters. The smallest absolute Gasteiger partial charge is 0.317 e. The van der Waals surface area contributed by atoms with Crippen LogP contribution in [0.25, 0.3) is 0 Å². The molecule has 0 saturated carbocycles. The van der Waals surface area contributed by atoms with Gasteiger partial charge in [0.15, 0.2) is 0 Å². The Morgan fingerprint density at radius 2 is 1.80 bits per heavy atom. The average molecular weight is 213 g/mol. The van der Waals surface area contributed by atoms with Crippen LogP contribution in [0.15, 0.2) is 0 Å². The number of amides is 2. The summed E-state index contributed by atoms with van der Waals surface area (Å²) in [5, 5.41) is 6.03. The van der Waals surface area contributed by atoms with Crippen molar-refractivity contribution in [2.45, 2.75) is 32.1 Å². The summed E-state index contributed by atoms with van der Waals surface area (Å²) in [6, 6.07) is 0.119. The first-order chi connectivity index (χ1) is 7.34. The van der Waals surface area contributed by atoms with Crippen LogP contribution in [0, 0.1) is 0 Å². The molecule has 1 fully saturated rings. The molecule has 1 aliphatic heterocycles. The molecule has 1 aliphatic rings. The first-order valence-electron chi connectivity index (χ1n) is 6.02. The molecule has 2 N–H and O–H groups in total. The van der Waals surface area contributed by atoms with Crippen LogP contribution < -0.4 is 10.6 Å². The fourth-order valence-electron chi connectivity index (χ4n) is 1.85. The third-order valence-electron chi connectivity index (χ3n) is 2.77. The maximum atomic E-state index is 11.7. The van der Waals surface area contributed by atoms with Gasteiger partial charge in [-0.25, -0.2) is 4.79 Å². The minimum atomic E-state index is 0.119. The highest BCUT2D eigenvalue weighted by Gasteiger charge is 2.14. The molecule has 1 saturated heterocycles. The molecule has 4 heteroatoms. The van der Waals surface area contributed by atoms with E-state index in [0.717, 1.165) is 45.4 Å². The molecular formula is C11H23N3O. The van der Waals surface area contributed by atoms with Crippen LogP contribution >= 0.6 is 0 Å². The molecule has 0 radical (unpaired) electrons. The van der Waals surface area contributed by atoms with E-state index in [0.29, 0.717) is 0 Å². The highest BCUT2D eigenvalue weighted by atomic mass is 16.2. The summed E-state index contributed by atoms with van der Waals surface area (Å²) < 4.78 is 0. The second-order valence-electron chi connectivity index (χ2n) is 4.09. The minimum absolute atomic E-state index is 0.119. The van der Waals surface area contributed by atoms with Crippen molar-refractivity contribution in [1.82, 2.24) is 15.5 Å². The van der Waals surface area contributed by atoms with Gasteiger partial charge in [0.2, 0.25) is 0 Å². The third-order valence-corrected chi connectivity index (χ3v) is 2.77. The monoisotopic (exact) mass is 213 g/mol. The summed E-state index contributed by atoms with van der Waals surface area (Å²) in [7, 11) is 1.93. The zero-order valence-electron chi connectivity index (χ0n) is 9.72. The number of nitrogens with zero attached hydrogens (tertiary/aromatic N) is 1. The van der Waals surface area contributed by atoms with Gasteiger partial charge in [-0.2, -0.15) is 0 Å². The van der Waals surface area contributed by atoms with Crippen LogP contribution in [0.5, 0.6) is 0 Å². The first kappa shape index (κ1) is 12.3. The van der Waals surface area contributed by atoms with Crippen molar-refractivity contribution in [2.24, 2.45) is 0 Å². The van der Waals surface area contributed by atoms with E-state index in [-0.39, 0.29) is 6.03 Å². The van der Waals surface area contributed by atoms with E-state index in [1.54, 1.807) is 0 Å². The number of nitrogens with one attached hydrogen (secondary N) is 2. The lowest BCUT2D eigenvalue weighted by atomic mass is 10.2. The van der Waals surface area contributed by atoms with E-state index in [2.05, 4.69) is 10.6 Å². The number of rotatable bonds is 4. The van der Waals surface area contributed by atoms with E-state index in [4.69, 9.17) is 0 Å². The number of carbonyl (C=O) groups excluding carboxylic acids is 1. The maximum Gasteiger partial charge on any atom is 0.317 e. The van der Waals surface area contributed by atoms with Crippen LogP contribution in [0.1, 0.15) is 32.1 Å². The van der Waals surface area contributed by atoms with Crippen molar-refractivity contribution in [1.29, 1.82) is 0 Å². The number of hydrogen-bond donors (Lipinski definition) is 2. The minimum Gasteiger partial charge on any atom is -0.338 e. The summed E-state index contributed by atoms with van der Waals surface area (Å²) >= 11 is 0. The van der Waals surface area contributed by atoms with Gasteiger partial charge in [0.05, 0.1) is 0 Å². The molecule has 1 heterocycles. The fourth-order valence-corrected chi connectivity index (χ4v) is 1.85. The van der Waals surface area contributed by atoms with E-state index in [1.807, 2.05) is 11.9 Å². The Labute approximate surface area is 92.4 Å². The lowest BCUT2D eigenvalue weighted by molar-refractivity contribution is 0.200. The van der Waals surface area contributed by atoms with E-state index >= 15 is 0 Å². The predicted molar refractivity (Wildman–Crippen MR) is 62.0 cm³/mol. The van der Waals surface area contributed by atoms with E-state index in [9.17, 15) is 4.79 Å². The van der Waals surface area contributed by atoms with Gasteiger partial charge in [-0.3, -0.25) is 0 Å². The molecule has 0 aromatic rings.